The molecule has 0 aromatic heterocycles. The van der Waals surface area contributed by atoms with Crippen LogP contribution in [0.15, 0.2) is 23.1 Å². The van der Waals surface area contributed by atoms with Crippen molar-refractivity contribution < 1.29 is 23.2 Å². The fourth-order valence-corrected chi connectivity index (χ4v) is 4.70. The van der Waals surface area contributed by atoms with E-state index < -0.39 is 26.8 Å². The molecule has 0 bridgehead atoms. The molecular formula is C15H19N3O6S. The third-order valence-electron chi connectivity index (χ3n) is 4.67. The highest BCUT2D eigenvalue weighted by Gasteiger charge is 2.37. The zero-order valence-corrected chi connectivity index (χ0v) is 14.3. The van der Waals surface area contributed by atoms with Crippen LogP contribution in [0.1, 0.15) is 19.3 Å². The summed E-state index contributed by atoms with van der Waals surface area (Å²) in [5, 5.41) is 20.3. The van der Waals surface area contributed by atoms with Crippen molar-refractivity contribution in [1.29, 1.82) is 0 Å². The van der Waals surface area contributed by atoms with E-state index in [1.807, 2.05) is 0 Å². The molecule has 3 rings (SSSR count). The number of nitro groups is 1. The second-order valence-corrected chi connectivity index (χ2v) is 8.25. The lowest BCUT2D eigenvalue weighted by Crippen LogP contribution is -2.50. The first kappa shape index (κ1) is 17.6. The standard InChI is InChI=1S/C15H19N3O6S/c19-15(20)11-9-16(10-11)13-5-4-12(8-14(13)18(21)22)25(23,24)17-6-2-1-3-7-17/h4-5,8,11H,1-3,6-7,9-10H2,(H,19,20). The van der Waals surface area contributed by atoms with E-state index in [4.69, 9.17) is 5.11 Å². The van der Waals surface area contributed by atoms with Gasteiger partial charge in [0.25, 0.3) is 5.69 Å². The number of carbonyl (C=O) groups is 1. The average Bonchev–Trinajstić information content (AvgIpc) is 2.54. The number of piperidine rings is 1. The Labute approximate surface area is 145 Å². The lowest BCUT2D eigenvalue weighted by atomic mass is 9.99. The van der Waals surface area contributed by atoms with Crippen LogP contribution in [0, 0.1) is 16.0 Å². The van der Waals surface area contributed by atoms with Gasteiger partial charge in [-0.25, -0.2) is 8.42 Å². The summed E-state index contributed by atoms with van der Waals surface area (Å²) in [6.07, 6.45) is 2.54. The van der Waals surface area contributed by atoms with Gasteiger partial charge in [0.05, 0.1) is 15.7 Å². The molecule has 0 spiro atoms. The van der Waals surface area contributed by atoms with Crippen molar-refractivity contribution in [3.8, 4) is 0 Å². The molecule has 25 heavy (non-hydrogen) atoms. The van der Waals surface area contributed by atoms with Crippen molar-refractivity contribution in [2.45, 2.75) is 24.2 Å². The molecule has 0 atom stereocenters. The number of sulfonamides is 1. The Morgan fingerprint density at radius 3 is 2.40 bits per heavy atom. The van der Waals surface area contributed by atoms with Gasteiger partial charge in [-0.1, -0.05) is 6.42 Å². The zero-order chi connectivity index (χ0) is 18.2. The first-order chi connectivity index (χ1) is 11.8. The molecule has 136 valence electrons. The Kier molecular flexibility index (Phi) is 4.65. The molecule has 2 aliphatic rings. The predicted octanol–water partition coefficient (Wildman–Crippen LogP) is 1.29. The van der Waals surface area contributed by atoms with Gasteiger partial charge in [0.1, 0.15) is 5.69 Å². The normalized spacial score (nSPS) is 19.4. The van der Waals surface area contributed by atoms with Crippen LogP contribution in [0.25, 0.3) is 0 Å². The molecule has 1 N–H and O–H groups in total. The van der Waals surface area contributed by atoms with Crippen LogP contribution in [0.5, 0.6) is 0 Å². The smallest absolute Gasteiger partial charge is 0.310 e. The van der Waals surface area contributed by atoms with Crippen LogP contribution in [-0.4, -0.2) is 54.9 Å². The SMILES string of the molecule is O=C(O)C1CN(c2ccc(S(=O)(=O)N3CCCCC3)cc2[N+](=O)[O-])C1. The van der Waals surface area contributed by atoms with Crippen LogP contribution in [0.4, 0.5) is 11.4 Å². The van der Waals surface area contributed by atoms with E-state index in [1.54, 1.807) is 4.90 Å². The number of carboxylic acid groups (broad SMARTS) is 1. The van der Waals surface area contributed by atoms with E-state index in [-0.39, 0.29) is 29.4 Å². The summed E-state index contributed by atoms with van der Waals surface area (Å²) >= 11 is 0. The van der Waals surface area contributed by atoms with E-state index in [2.05, 4.69) is 0 Å². The Hall–Kier alpha value is -2.20. The van der Waals surface area contributed by atoms with Crippen LogP contribution < -0.4 is 4.90 Å². The number of nitrogens with zero attached hydrogens (tertiary/aromatic N) is 3. The predicted molar refractivity (Wildman–Crippen MR) is 89.0 cm³/mol. The van der Waals surface area contributed by atoms with Crippen LogP contribution in [-0.2, 0) is 14.8 Å². The first-order valence-electron chi connectivity index (χ1n) is 8.07. The molecular weight excluding hydrogens is 350 g/mol. The van der Waals surface area contributed by atoms with Gasteiger partial charge in [0.15, 0.2) is 0 Å². The van der Waals surface area contributed by atoms with Crippen LogP contribution in [0.3, 0.4) is 0 Å². The molecule has 0 aliphatic carbocycles. The number of hydrogen-bond acceptors (Lipinski definition) is 6. The number of carboxylic acids is 1. The lowest BCUT2D eigenvalue weighted by molar-refractivity contribution is -0.384. The molecule has 10 heteroatoms. The Balaban J connectivity index is 1.89. The molecule has 0 unspecified atom stereocenters. The molecule has 0 radical (unpaired) electrons. The number of anilines is 1. The van der Waals surface area contributed by atoms with E-state index in [0.29, 0.717) is 13.1 Å². The van der Waals surface area contributed by atoms with Crippen molar-refractivity contribution in [2.24, 2.45) is 5.92 Å². The van der Waals surface area contributed by atoms with Gasteiger partial charge in [-0.3, -0.25) is 14.9 Å². The number of rotatable bonds is 5. The van der Waals surface area contributed by atoms with Crippen LogP contribution in [0.2, 0.25) is 0 Å². The van der Waals surface area contributed by atoms with Gasteiger partial charge in [-0.2, -0.15) is 4.31 Å². The van der Waals surface area contributed by atoms with Gasteiger partial charge in [0, 0.05) is 32.2 Å². The van der Waals surface area contributed by atoms with Gasteiger partial charge in [-0.05, 0) is 25.0 Å². The Morgan fingerprint density at radius 1 is 1.20 bits per heavy atom. The molecule has 2 aliphatic heterocycles. The maximum Gasteiger partial charge on any atom is 0.310 e. The maximum atomic E-state index is 12.7. The summed E-state index contributed by atoms with van der Waals surface area (Å²) < 4.78 is 26.7. The molecule has 9 nitrogen and oxygen atoms in total. The van der Waals surface area contributed by atoms with Gasteiger partial charge in [-0.15, -0.1) is 0 Å². The van der Waals surface area contributed by atoms with E-state index >= 15 is 0 Å². The molecule has 2 heterocycles. The maximum absolute atomic E-state index is 12.7. The second kappa shape index (κ2) is 6.60. The number of benzene rings is 1. The van der Waals surface area contributed by atoms with Crippen LogP contribution >= 0.6 is 0 Å². The minimum Gasteiger partial charge on any atom is -0.481 e. The fourth-order valence-electron chi connectivity index (χ4n) is 3.16. The lowest BCUT2D eigenvalue weighted by Gasteiger charge is -2.38. The summed E-state index contributed by atoms with van der Waals surface area (Å²) in [6.45, 7) is 1.19. The second-order valence-electron chi connectivity index (χ2n) is 6.31. The fraction of sp³-hybridized carbons (Fsp3) is 0.533. The van der Waals surface area contributed by atoms with Gasteiger partial charge < -0.3 is 10.0 Å². The number of aliphatic carboxylic acids is 1. The van der Waals surface area contributed by atoms with Crippen molar-refractivity contribution in [3.63, 3.8) is 0 Å². The summed E-state index contributed by atoms with van der Waals surface area (Å²) in [5.74, 6) is -1.50. The highest BCUT2D eigenvalue weighted by molar-refractivity contribution is 7.89. The first-order valence-corrected chi connectivity index (χ1v) is 9.51. The van der Waals surface area contributed by atoms with Gasteiger partial charge >= 0.3 is 5.97 Å². The summed E-state index contributed by atoms with van der Waals surface area (Å²) in [6, 6.07) is 3.83. The van der Waals surface area contributed by atoms with E-state index in [1.165, 1.54) is 16.4 Å². The number of nitro benzene ring substituents is 1. The quantitative estimate of drug-likeness (QED) is 0.613. The zero-order valence-electron chi connectivity index (χ0n) is 13.5. The van der Waals surface area contributed by atoms with Crippen molar-refractivity contribution >= 4 is 27.4 Å². The minimum atomic E-state index is -3.76. The minimum absolute atomic E-state index is 0.0971. The van der Waals surface area contributed by atoms with E-state index in [9.17, 15) is 23.3 Å². The third kappa shape index (κ3) is 3.31. The molecule has 0 amide bonds. The largest absolute Gasteiger partial charge is 0.481 e. The van der Waals surface area contributed by atoms with Crippen molar-refractivity contribution in [2.75, 3.05) is 31.1 Å². The Bertz CT molecular complexity index is 797. The van der Waals surface area contributed by atoms with Crippen molar-refractivity contribution in [3.05, 3.63) is 28.3 Å². The average molecular weight is 369 g/mol. The van der Waals surface area contributed by atoms with Gasteiger partial charge in [0.2, 0.25) is 10.0 Å². The summed E-state index contributed by atoms with van der Waals surface area (Å²) in [5.41, 5.74) is -0.0676. The Morgan fingerprint density at radius 2 is 1.84 bits per heavy atom. The highest BCUT2D eigenvalue weighted by atomic mass is 32.2. The molecule has 2 fully saturated rings. The van der Waals surface area contributed by atoms with Crippen molar-refractivity contribution in [1.82, 2.24) is 4.31 Å². The summed E-state index contributed by atoms with van der Waals surface area (Å²) in [7, 11) is -3.76. The monoisotopic (exact) mass is 369 g/mol. The molecule has 1 aromatic rings. The molecule has 0 saturated carbocycles. The van der Waals surface area contributed by atoms with E-state index in [0.717, 1.165) is 25.3 Å². The number of hydrogen-bond donors (Lipinski definition) is 1. The molecule has 1 aromatic carbocycles. The highest BCUT2D eigenvalue weighted by Crippen LogP contribution is 2.35. The molecule has 2 saturated heterocycles. The summed E-state index contributed by atoms with van der Waals surface area (Å²) in [4.78, 5) is 23.1. The third-order valence-corrected chi connectivity index (χ3v) is 6.56. The topological polar surface area (TPSA) is 121 Å².